The van der Waals surface area contributed by atoms with E-state index in [0.717, 1.165) is 17.8 Å². The summed E-state index contributed by atoms with van der Waals surface area (Å²) in [5.41, 5.74) is -0.454. The van der Waals surface area contributed by atoms with Crippen LogP contribution in [0.5, 0.6) is 0 Å². The minimum atomic E-state index is -4.60. The van der Waals surface area contributed by atoms with E-state index in [1.165, 1.54) is 24.1 Å². The normalized spacial score (nSPS) is 17.9. The maximum Gasteiger partial charge on any atom is 0.416 e. The van der Waals surface area contributed by atoms with Crippen LogP contribution in [0.3, 0.4) is 0 Å². The minimum absolute atomic E-state index is 0.143. The molecule has 3 heterocycles. The number of hydrogen-bond acceptors (Lipinski definition) is 6. The summed E-state index contributed by atoms with van der Waals surface area (Å²) in [4.78, 5) is 45.7. The van der Waals surface area contributed by atoms with Gasteiger partial charge in [0.1, 0.15) is 5.60 Å². The molecule has 1 atom stereocenters. The number of nitrogens with zero attached hydrogens (tertiary/aromatic N) is 4. The van der Waals surface area contributed by atoms with Gasteiger partial charge in [0.05, 0.1) is 31.0 Å². The summed E-state index contributed by atoms with van der Waals surface area (Å²) >= 11 is 0. The molecular formula is C26H32F3N5O5. The Morgan fingerprint density at radius 3 is 2.49 bits per heavy atom. The number of carbonyl (C=O) groups excluding carboxylic acids is 3. The van der Waals surface area contributed by atoms with Gasteiger partial charge in [0, 0.05) is 37.3 Å². The van der Waals surface area contributed by atoms with Crippen LogP contribution in [-0.2, 0) is 28.6 Å². The van der Waals surface area contributed by atoms with E-state index in [0.29, 0.717) is 44.6 Å². The van der Waals surface area contributed by atoms with Gasteiger partial charge < -0.3 is 23.8 Å². The second-order valence-corrected chi connectivity index (χ2v) is 10.6. The van der Waals surface area contributed by atoms with Gasteiger partial charge >= 0.3 is 18.4 Å². The number of ether oxygens (including phenoxy) is 2. The molecule has 0 spiro atoms. The summed E-state index contributed by atoms with van der Waals surface area (Å²) < 4.78 is 51.9. The summed E-state index contributed by atoms with van der Waals surface area (Å²) in [5.74, 6) is -0.612. The Morgan fingerprint density at radius 1 is 1.08 bits per heavy atom. The van der Waals surface area contributed by atoms with Crippen molar-refractivity contribution in [2.24, 2.45) is 0 Å². The number of carbonyl (C=O) groups is 3. The first-order valence-corrected chi connectivity index (χ1v) is 12.7. The predicted octanol–water partition coefficient (Wildman–Crippen LogP) is 4.85. The lowest BCUT2D eigenvalue weighted by Gasteiger charge is -2.36. The van der Waals surface area contributed by atoms with Crippen LogP contribution >= 0.6 is 0 Å². The Morgan fingerprint density at radius 2 is 1.82 bits per heavy atom. The lowest BCUT2D eigenvalue weighted by Crippen LogP contribution is -2.44. The van der Waals surface area contributed by atoms with Crippen LogP contribution in [0.2, 0.25) is 0 Å². The molecule has 2 aliphatic rings. The van der Waals surface area contributed by atoms with E-state index in [-0.39, 0.29) is 24.1 Å². The van der Waals surface area contributed by atoms with Gasteiger partial charge in [0.15, 0.2) is 0 Å². The van der Waals surface area contributed by atoms with E-state index >= 15 is 0 Å². The molecule has 0 saturated carbocycles. The molecule has 39 heavy (non-hydrogen) atoms. The van der Waals surface area contributed by atoms with Crippen LogP contribution in [0.25, 0.3) is 0 Å². The summed E-state index contributed by atoms with van der Waals surface area (Å²) in [6.07, 6.45) is -3.80. The van der Waals surface area contributed by atoms with Crippen molar-refractivity contribution in [2.75, 3.05) is 32.1 Å². The Bertz CT molecular complexity index is 1250. The quantitative estimate of drug-likeness (QED) is 0.585. The number of nitrogens with one attached hydrogen (secondary N) is 1. The van der Waals surface area contributed by atoms with Crippen molar-refractivity contribution in [1.29, 1.82) is 0 Å². The van der Waals surface area contributed by atoms with Crippen molar-refractivity contribution in [3.05, 3.63) is 46.8 Å². The van der Waals surface area contributed by atoms with Gasteiger partial charge in [-0.25, -0.2) is 14.6 Å². The molecule has 13 heteroatoms. The van der Waals surface area contributed by atoms with Gasteiger partial charge in [-0.3, -0.25) is 10.1 Å². The fourth-order valence-corrected chi connectivity index (χ4v) is 4.84. The number of likely N-dealkylation sites (tertiary alicyclic amines) is 1. The molecule has 2 aliphatic heterocycles. The van der Waals surface area contributed by atoms with Gasteiger partial charge in [-0.2, -0.15) is 13.2 Å². The first-order chi connectivity index (χ1) is 18.3. The van der Waals surface area contributed by atoms with Gasteiger partial charge in [-0.15, -0.1) is 0 Å². The zero-order valence-electron chi connectivity index (χ0n) is 22.3. The molecule has 2 aromatic rings. The highest BCUT2D eigenvalue weighted by atomic mass is 19.4. The Kier molecular flexibility index (Phi) is 7.80. The molecule has 1 unspecified atom stereocenters. The number of fused-ring (bicyclic) bond motifs is 1. The summed E-state index contributed by atoms with van der Waals surface area (Å²) in [5, 5.41) is 2.68. The largest absolute Gasteiger partial charge is 0.453 e. The first-order valence-electron chi connectivity index (χ1n) is 12.7. The van der Waals surface area contributed by atoms with Crippen LogP contribution in [0, 0.1) is 0 Å². The van der Waals surface area contributed by atoms with E-state index in [2.05, 4.69) is 10.3 Å². The molecule has 0 aliphatic carbocycles. The third-order valence-electron chi connectivity index (χ3n) is 6.58. The molecule has 3 amide bonds. The van der Waals surface area contributed by atoms with Crippen molar-refractivity contribution in [1.82, 2.24) is 19.4 Å². The maximum absolute atomic E-state index is 13.2. The van der Waals surface area contributed by atoms with Crippen LogP contribution < -0.4 is 5.32 Å². The summed E-state index contributed by atoms with van der Waals surface area (Å²) in [6.45, 7) is 6.65. The molecule has 0 radical (unpaired) electrons. The van der Waals surface area contributed by atoms with E-state index in [1.807, 2.05) is 4.57 Å². The topological polar surface area (TPSA) is 106 Å². The monoisotopic (exact) mass is 551 g/mol. The van der Waals surface area contributed by atoms with Crippen molar-refractivity contribution in [3.8, 4) is 0 Å². The standard InChI is InChI=1S/C26H32F3N5O5/c1-25(2,3)39-24(37)32-11-6-9-18(14-32)34-20-10-12-33(23(36)38-4)15-19(20)30-22(34)31-21(35)16-7-5-8-17(13-16)26(27,28)29/h5,7-8,13,18H,6,9-12,14-15H2,1-4H3,(H,30,31,35). The van der Waals surface area contributed by atoms with Crippen molar-refractivity contribution < 1.29 is 37.0 Å². The zero-order valence-corrected chi connectivity index (χ0v) is 22.3. The van der Waals surface area contributed by atoms with Crippen molar-refractivity contribution in [3.63, 3.8) is 0 Å². The number of piperidine rings is 1. The van der Waals surface area contributed by atoms with Gasteiger partial charge in [0.25, 0.3) is 5.91 Å². The molecule has 1 saturated heterocycles. The average molecular weight is 552 g/mol. The number of alkyl halides is 3. The van der Waals surface area contributed by atoms with E-state index in [9.17, 15) is 27.6 Å². The lowest BCUT2D eigenvalue weighted by molar-refractivity contribution is -0.137. The number of anilines is 1. The molecule has 1 fully saturated rings. The fourth-order valence-electron chi connectivity index (χ4n) is 4.84. The Balaban J connectivity index is 1.66. The minimum Gasteiger partial charge on any atom is -0.453 e. The number of aromatic nitrogens is 2. The van der Waals surface area contributed by atoms with Crippen LogP contribution in [0.1, 0.15) is 67.0 Å². The van der Waals surface area contributed by atoms with Gasteiger partial charge in [-0.05, 0) is 51.8 Å². The molecule has 4 rings (SSSR count). The highest BCUT2D eigenvalue weighted by molar-refractivity contribution is 6.03. The zero-order chi connectivity index (χ0) is 28.5. The molecule has 1 N–H and O–H groups in total. The second-order valence-electron chi connectivity index (χ2n) is 10.6. The Labute approximate surface area is 224 Å². The molecule has 1 aromatic heterocycles. The third-order valence-corrected chi connectivity index (χ3v) is 6.58. The number of hydrogen-bond donors (Lipinski definition) is 1. The van der Waals surface area contributed by atoms with Crippen LogP contribution in [0.4, 0.5) is 28.7 Å². The van der Waals surface area contributed by atoms with Crippen molar-refractivity contribution >= 4 is 24.0 Å². The molecule has 1 aromatic carbocycles. The summed E-state index contributed by atoms with van der Waals surface area (Å²) in [7, 11) is 1.28. The number of benzene rings is 1. The van der Waals surface area contributed by atoms with E-state index in [4.69, 9.17) is 9.47 Å². The number of amides is 3. The van der Waals surface area contributed by atoms with Gasteiger partial charge in [-0.1, -0.05) is 6.07 Å². The molecule has 0 bridgehead atoms. The first kappa shape index (κ1) is 28.2. The highest BCUT2D eigenvalue weighted by Crippen LogP contribution is 2.33. The molecule has 10 nitrogen and oxygen atoms in total. The highest BCUT2D eigenvalue weighted by Gasteiger charge is 2.35. The average Bonchev–Trinajstić information content (AvgIpc) is 3.23. The maximum atomic E-state index is 13.2. The fraction of sp³-hybridized carbons (Fsp3) is 0.538. The van der Waals surface area contributed by atoms with Crippen LogP contribution in [-0.4, -0.2) is 69.8 Å². The summed E-state index contributed by atoms with van der Waals surface area (Å²) in [6, 6.07) is 3.87. The number of imidazole rings is 1. The van der Waals surface area contributed by atoms with Crippen LogP contribution in [0.15, 0.2) is 24.3 Å². The SMILES string of the molecule is COC(=O)N1CCc2c(nc(NC(=O)c3cccc(C(F)(F)F)c3)n2C2CCCN(C(=O)OC(C)(C)C)C2)C1. The number of methoxy groups -OCH3 is 1. The third kappa shape index (κ3) is 6.45. The number of halogens is 3. The van der Waals surface area contributed by atoms with Crippen molar-refractivity contribution in [2.45, 2.75) is 64.4 Å². The second kappa shape index (κ2) is 10.8. The van der Waals surface area contributed by atoms with Gasteiger partial charge in [0.2, 0.25) is 5.95 Å². The number of rotatable bonds is 3. The van der Waals surface area contributed by atoms with E-state index < -0.39 is 35.4 Å². The molecular weight excluding hydrogens is 519 g/mol. The Hall–Kier alpha value is -3.77. The molecule has 212 valence electrons. The van der Waals surface area contributed by atoms with E-state index in [1.54, 1.807) is 25.7 Å². The smallest absolute Gasteiger partial charge is 0.416 e. The predicted molar refractivity (Wildman–Crippen MR) is 134 cm³/mol. The lowest BCUT2D eigenvalue weighted by atomic mass is 10.0.